The van der Waals surface area contributed by atoms with Crippen molar-refractivity contribution in [2.45, 2.75) is 0 Å². The molecule has 0 atom stereocenters. The Morgan fingerprint density at radius 3 is 2.76 bits per heavy atom. The molecule has 0 bridgehead atoms. The number of thiazole rings is 1. The lowest BCUT2D eigenvalue weighted by Gasteiger charge is -2.03. The fourth-order valence-electron chi connectivity index (χ4n) is 2.60. The first-order valence-electron chi connectivity index (χ1n) is 7.69. The summed E-state index contributed by atoms with van der Waals surface area (Å²) in [7, 11) is 1.64. The summed E-state index contributed by atoms with van der Waals surface area (Å²) in [6.07, 6.45) is 1.78. The van der Waals surface area contributed by atoms with Crippen LogP contribution in [-0.2, 0) is 0 Å². The van der Waals surface area contributed by atoms with Crippen LogP contribution in [0.1, 0.15) is 10.7 Å². The van der Waals surface area contributed by atoms with Gasteiger partial charge in [-0.2, -0.15) is 5.26 Å². The van der Waals surface area contributed by atoms with Crippen LogP contribution in [0.15, 0.2) is 54.6 Å². The minimum atomic E-state index is 0.515. The highest BCUT2D eigenvalue weighted by molar-refractivity contribution is 7.19. The van der Waals surface area contributed by atoms with E-state index in [1.165, 1.54) is 11.3 Å². The maximum absolute atomic E-state index is 9.55. The molecule has 4 aromatic rings. The number of allylic oxidation sites excluding steroid dienone is 1. The van der Waals surface area contributed by atoms with Crippen LogP contribution < -0.4 is 4.74 Å². The van der Waals surface area contributed by atoms with Crippen molar-refractivity contribution in [1.82, 2.24) is 9.97 Å². The molecule has 4 rings (SSSR count). The number of pyridine rings is 1. The standard InChI is InChI=1S/C20H13N3OS/c1-24-16-8-9-17-13(11-16)6-7-15(22-17)10-14(12-21)20-23-18-4-2-3-5-19(18)25-20/h2-11H,1H3/b14-10+. The Balaban J connectivity index is 1.77. The Labute approximate surface area is 148 Å². The largest absolute Gasteiger partial charge is 0.497 e. The molecule has 0 aliphatic carbocycles. The van der Waals surface area contributed by atoms with Crippen LogP contribution in [0.25, 0.3) is 32.8 Å². The lowest BCUT2D eigenvalue weighted by atomic mass is 10.1. The third kappa shape index (κ3) is 2.95. The zero-order valence-corrected chi connectivity index (χ0v) is 14.2. The van der Waals surface area contributed by atoms with Crippen LogP contribution in [0.4, 0.5) is 0 Å². The van der Waals surface area contributed by atoms with Crippen LogP contribution in [-0.4, -0.2) is 17.1 Å². The van der Waals surface area contributed by atoms with Crippen LogP contribution in [0.3, 0.4) is 0 Å². The van der Waals surface area contributed by atoms with Crippen molar-refractivity contribution in [3.8, 4) is 11.8 Å². The van der Waals surface area contributed by atoms with Crippen LogP contribution in [0.5, 0.6) is 5.75 Å². The first-order valence-corrected chi connectivity index (χ1v) is 8.51. The lowest BCUT2D eigenvalue weighted by Crippen LogP contribution is -1.87. The van der Waals surface area contributed by atoms with E-state index >= 15 is 0 Å². The van der Waals surface area contributed by atoms with Gasteiger partial charge in [0.1, 0.15) is 16.8 Å². The maximum atomic E-state index is 9.55. The molecule has 0 saturated heterocycles. The van der Waals surface area contributed by atoms with Gasteiger partial charge in [-0.15, -0.1) is 11.3 Å². The second kappa shape index (κ2) is 6.34. The second-order valence-corrected chi connectivity index (χ2v) is 6.48. The van der Waals surface area contributed by atoms with Gasteiger partial charge in [-0.05, 0) is 42.5 Å². The highest BCUT2D eigenvalue weighted by Gasteiger charge is 2.09. The third-order valence-corrected chi connectivity index (χ3v) is 4.92. The first-order chi connectivity index (χ1) is 12.3. The van der Waals surface area contributed by atoms with E-state index in [4.69, 9.17) is 4.74 Å². The van der Waals surface area contributed by atoms with Gasteiger partial charge in [-0.3, -0.25) is 0 Å². The van der Waals surface area contributed by atoms with Gasteiger partial charge in [0.25, 0.3) is 0 Å². The summed E-state index contributed by atoms with van der Waals surface area (Å²) in [6, 6.07) is 19.7. The molecule has 2 aromatic carbocycles. The number of hydrogen-bond acceptors (Lipinski definition) is 5. The molecular weight excluding hydrogens is 330 g/mol. The first kappa shape index (κ1) is 15.3. The molecule has 0 unspecified atom stereocenters. The number of aromatic nitrogens is 2. The van der Waals surface area contributed by atoms with E-state index in [2.05, 4.69) is 16.0 Å². The normalized spacial score (nSPS) is 11.6. The van der Waals surface area contributed by atoms with Crippen molar-refractivity contribution in [2.75, 3.05) is 7.11 Å². The summed E-state index contributed by atoms with van der Waals surface area (Å²) in [5.74, 6) is 0.796. The molecule has 0 aliphatic rings. The van der Waals surface area contributed by atoms with Gasteiger partial charge in [-0.1, -0.05) is 18.2 Å². The van der Waals surface area contributed by atoms with Crippen molar-refractivity contribution in [2.24, 2.45) is 0 Å². The average Bonchev–Trinajstić information content (AvgIpc) is 3.09. The molecule has 5 heteroatoms. The summed E-state index contributed by atoms with van der Waals surface area (Å²) in [5.41, 5.74) is 3.01. The predicted octanol–water partition coefficient (Wildman–Crippen LogP) is 4.92. The second-order valence-electron chi connectivity index (χ2n) is 5.45. The Morgan fingerprint density at radius 2 is 1.96 bits per heavy atom. The molecule has 2 aromatic heterocycles. The van der Waals surface area contributed by atoms with E-state index in [1.807, 2.05) is 54.6 Å². The number of nitriles is 1. The molecule has 0 radical (unpaired) electrons. The number of methoxy groups -OCH3 is 1. The Bertz CT molecular complexity index is 1120. The molecule has 0 fully saturated rings. The van der Waals surface area contributed by atoms with E-state index in [0.717, 1.165) is 32.6 Å². The number of para-hydroxylation sites is 1. The Hall–Kier alpha value is -3.23. The van der Waals surface area contributed by atoms with Crippen molar-refractivity contribution in [1.29, 1.82) is 5.26 Å². The fraction of sp³-hybridized carbons (Fsp3) is 0.0500. The molecule has 2 heterocycles. The molecule has 120 valence electrons. The van der Waals surface area contributed by atoms with E-state index in [9.17, 15) is 5.26 Å². The molecule has 0 amide bonds. The molecule has 0 aliphatic heterocycles. The van der Waals surface area contributed by atoms with Crippen LogP contribution >= 0.6 is 11.3 Å². The van der Waals surface area contributed by atoms with Gasteiger partial charge < -0.3 is 4.74 Å². The fourth-order valence-corrected chi connectivity index (χ4v) is 3.54. The van der Waals surface area contributed by atoms with Gasteiger partial charge >= 0.3 is 0 Å². The number of rotatable bonds is 3. The smallest absolute Gasteiger partial charge is 0.135 e. The van der Waals surface area contributed by atoms with Crippen LogP contribution in [0.2, 0.25) is 0 Å². The topological polar surface area (TPSA) is 58.8 Å². The predicted molar refractivity (Wildman–Crippen MR) is 101 cm³/mol. The molecular formula is C20H13N3OS. The van der Waals surface area contributed by atoms with E-state index in [-0.39, 0.29) is 0 Å². The Kier molecular flexibility index (Phi) is 3.88. The lowest BCUT2D eigenvalue weighted by molar-refractivity contribution is 0.415. The number of benzene rings is 2. The summed E-state index contributed by atoms with van der Waals surface area (Å²) >= 11 is 1.51. The van der Waals surface area contributed by atoms with Gasteiger partial charge in [-0.25, -0.2) is 9.97 Å². The molecule has 25 heavy (non-hydrogen) atoms. The highest BCUT2D eigenvalue weighted by atomic mass is 32.1. The number of fused-ring (bicyclic) bond motifs is 2. The summed E-state index contributed by atoms with van der Waals surface area (Å²) in [4.78, 5) is 9.16. The van der Waals surface area contributed by atoms with Crippen LogP contribution in [0, 0.1) is 11.3 Å². The van der Waals surface area contributed by atoms with Gasteiger partial charge in [0, 0.05) is 5.39 Å². The maximum Gasteiger partial charge on any atom is 0.135 e. The highest BCUT2D eigenvalue weighted by Crippen LogP contribution is 2.28. The quantitative estimate of drug-likeness (QED) is 0.496. The number of hydrogen-bond donors (Lipinski definition) is 0. The average molecular weight is 343 g/mol. The Morgan fingerprint density at radius 1 is 1.08 bits per heavy atom. The van der Waals surface area contributed by atoms with Gasteiger partial charge in [0.15, 0.2) is 0 Å². The van der Waals surface area contributed by atoms with Crippen molar-refractivity contribution >= 4 is 44.1 Å². The van der Waals surface area contributed by atoms with Gasteiger partial charge in [0.05, 0.1) is 34.1 Å². The molecule has 0 N–H and O–H groups in total. The monoisotopic (exact) mass is 343 g/mol. The molecule has 0 spiro atoms. The summed E-state index contributed by atoms with van der Waals surface area (Å²) < 4.78 is 6.30. The van der Waals surface area contributed by atoms with Crippen molar-refractivity contribution in [3.05, 3.63) is 65.3 Å². The third-order valence-electron chi connectivity index (χ3n) is 3.85. The number of nitrogens with zero attached hydrogens (tertiary/aromatic N) is 3. The zero-order valence-electron chi connectivity index (χ0n) is 13.4. The minimum absolute atomic E-state index is 0.515. The van der Waals surface area contributed by atoms with E-state index in [1.54, 1.807) is 13.2 Å². The van der Waals surface area contributed by atoms with Gasteiger partial charge in [0.2, 0.25) is 0 Å². The SMILES string of the molecule is COc1ccc2nc(/C=C(\C#N)c3nc4ccccc4s3)ccc2c1. The molecule has 4 nitrogen and oxygen atoms in total. The number of ether oxygens (including phenoxy) is 1. The zero-order chi connectivity index (χ0) is 17.2. The summed E-state index contributed by atoms with van der Waals surface area (Å²) in [6.45, 7) is 0. The van der Waals surface area contributed by atoms with E-state index < -0.39 is 0 Å². The van der Waals surface area contributed by atoms with Crippen molar-refractivity contribution in [3.63, 3.8) is 0 Å². The van der Waals surface area contributed by atoms with E-state index in [0.29, 0.717) is 10.6 Å². The van der Waals surface area contributed by atoms with Crippen molar-refractivity contribution < 1.29 is 4.74 Å². The molecule has 0 saturated carbocycles. The minimum Gasteiger partial charge on any atom is -0.497 e. The summed E-state index contributed by atoms with van der Waals surface area (Å²) in [5, 5.41) is 11.3.